The van der Waals surface area contributed by atoms with Crippen LogP contribution in [0.4, 0.5) is 0 Å². The quantitative estimate of drug-likeness (QED) is 0.790. The lowest BCUT2D eigenvalue weighted by atomic mass is 9.80. The first-order valence-electron chi connectivity index (χ1n) is 5.94. The first-order valence-corrected chi connectivity index (χ1v) is 6.57. The summed E-state index contributed by atoms with van der Waals surface area (Å²) in [7, 11) is 0. The molecule has 0 aliphatic carbocycles. The molecule has 1 fully saturated rings. The van der Waals surface area contributed by atoms with E-state index in [9.17, 15) is 0 Å². The Balaban J connectivity index is 2.12. The van der Waals surface area contributed by atoms with Gasteiger partial charge in [-0.05, 0) is 23.5 Å². The summed E-state index contributed by atoms with van der Waals surface area (Å²) in [4.78, 5) is 0. The van der Waals surface area contributed by atoms with Gasteiger partial charge in [0.15, 0.2) is 0 Å². The molecule has 0 atom stereocenters. The molecule has 16 heavy (non-hydrogen) atoms. The molecule has 1 aromatic rings. The molecule has 0 amide bonds. The monoisotopic (exact) mass is 236 g/mol. The smallest absolute Gasteiger partial charge is 0.0593 e. The summed E-state index contributed by atoms with van der Waals surface area (Å²) in [5, 5.41) is 0. The molecule has 0 unspecified atom stereocenters. The number of ether oxygens (including phenoxy) is 1. The van der Waals surface area contributed by atoms with Crippen molar-refractivity contribution in [2.24, 2.45) is 5.92 Å². The normalized spacial score (nSPS) is 18.5. The van der Waals surface area contributed by atoms with Gasteiger partial charge in [-0.15, -0.1) is 0 Å². The Morgan fingerprint density at radius 1 is 1.25 bits per heavy atom. The van der Waals surface area contributed by atoms with Crippen LogP contribution >= 0.6 is 12.6 Å². The van der Waals surface area contributed by atoms with Gasteiger partial charge in [0.25, 0.3) is 0 Å². The van der Waals surface area contributed by atoms with E-state index < -0.39 is 0 Å². The van der Waals surface area contributed by atoms with Crippen molar-refractivity contribution in [1.29, 1.82) is 0 Å². The number of benzene rings is 1. The largest absolute Gasteiger partial charge is 0.379 e. The van der Waals surface area contributed by atoms with Gasteiger partial charge in [-0.1, -0.05) is 38.1 Å². The van der Waals surface area contributed by atoms with E-state index in [1.165, 1.54) is 11.1 Å². The van der Waals surface area contributed by atoms with Crippen LogP contribution in [0.5, 0.6) is 0 Å². The lowest BCUT2D eigenvalue weighted by molar-refractivity contribution is -0.0470. The van der Waals surface area contributed by atoms with Gasteiger partial charge in [0.2, 0.25) is 0 Å². The van der Waals surface area contributed by atoms with Gasteiger partial charge >= 0.3 is 0 Å². The molecule has 1 saturated heterocycles. The first-order chi connectivity index (χ1) is 7.66. The molecule has 1 aromatic carbocycles. The topological polar surface area (TPSA) is 9.23 Å². The van der Waals surface area contributed by atoms with Crippen molar-refractivity contribution in [2.45, 2.75) is 25.7 Å². The first kappa shape index (κ1) is 12.0. The van der Waals surface area contributed by atoms with Crippen molar-refractivity contribution in [3.8, 4) is 0 Å². The predicted octanol–water partition coefficient (Wildman–Crippen LogP) is 3.08. The number of hydrogen-bond acceptors (Lipinski definition) is 2. The molecule has 88 valence electrons. The average Bonchev–Trinajstić information content (AvgIpc) is 2.19. The van der Waals surface area contributed by atoms with Crippen molar-refractivity contribution >= 4 is 12.6 Å². The van der Waals surface area contributed by atoms with Crippen molar-refractivity contribution in [3.05, 3.63) is 35.4 Å². The number of hydrogen-bond donors (Lipinski definition) is 1. The van der Waals surface area contributed by atoms with Gasteiger partial charge in [-0.3, -0.25) is 0 Å². The molecule has 1 nitrogen and oxygen atoms in total. The molecule has 0 bridgehead atoms. The van der Waals surface area contributed by atoms with E-state index in [1.807, 2.05) is 0 Å². The third-order valence-electron chi connectivity index (χ3n) is 3.27. The molecular formula is C14H20OS. The highest BCUT2D eigenvalue weighted by Gasteiger charge is 2.38. The average molecular weight is 236 g/mol. The van der Waals surface area contributed by atoms with E-state index in [2.05, 4.69) is 50.7 Å². The standard InChI is InChI=1S/C14H20OS/c1-11(2)7-12-3-5-13(6-4-12)14(10-16)8-15-9-14/h3-6,11,16H,7-10H2,1-2H3. The van der Waals surface area contributed by atoms with Crippen molar-refractivity contribution in [2.75, 3.05) is 19.0 Å². The van der Waals surface area contributed by atoms with Gasteiger partial charge in [-0.25, -0.2) is 0 Å². The van der Waals surface area contributed by atoms with Gasteiger partial charge in [-0.2, -0.15) is 12.6 Å². The van der Waals surface area contributed by atoms with Crippen molar-refractivity contribution < 1.29 is 4.74 Å². The number of rotatable bonds is 4. The molecule has 1 heterocycles. The van der Waals surface area contributed by atoms with Crippen LogP contribution in [0.15, 0.2) is 24.3 Å². The fourth-order valence-corrected chi connectivity index (χ4v) is 2.53. The summed E-state index contributed by atoms with van der Waals surface area (Å²) >= 11 is 4.45. The van der Waals surface area contributed by atoms with Crippen LogP contribution in [-0.2, 0) is 16.6 Å². The second-order valence-electron chi connectivity index (χ2n) is 5.23. The van der Waals surface area contributed by atoms with Gasteiger partial charge < -0.3 is 4.74 Å². The molecule has 1 aliphatic heterocycles. The van der Waals surface area contributed by atoms with Gasteiger partial charge in [0, 0.05) is 5.75 Å². The summed E-state index contributed by atoms with van der Waals surface area (Å²) in [6, 6.07) is 8.99. The Morgan fingerprint density at radius 3 is 2.25 bits per heavy atom. The Morgan fingerprint density at radius 2 is 1.88 bits per heavy atom. The minimum atomic E-state index is 0.180. The molecular weight excluding hydrogens is 216 g/mol. The molecule has 1 aliphatic rings. The van der Waals surface area contributed by atoms with Gasteiger partial charge in [0.1, 0.15) is 0 Å². The number of thiol groups is 1. The van der Waals surface area contributed by atoms with E-state index in [-0.39, 0.29) is 5.41 Å². The second kappa shape index (κ2) is 4.80. The highest BCUT2D eigenvalue weighted by atomic mass is 32.1. The van der Waals surface area contributed by atoms with Crippen LogP contribution in [0.1, 0.15) is 25.0 Å². The van der Waals surface area contributed by atoms with E-state index in [4.69, 9.17) is 4.74 Å². The van der Waals surface area contributed by atoms with E-state index in [0.29, 0.717) is 0 Å². The Kier molecular flexibility index (Phi) is 3.60. The van der Waals surface area contributed by atoms with E-state index in [0.717, 1.165) is 31.3 Å². The maximum atomic E-state index is 5.33. The van der Waals surface area contributed by atoms with E-state index in [1.54, 1.807) is 0 Å². The molecule has 0 radical (unpaired) electrons. The van der Waals surface area contributed by atoms with E-state index >= 15 is 0 Å². The highest BCUT2D eigenvalue weighted by Crippen LogP contribution is 2.33. The van der Waals surface area contributed by atoms with Crippen LogP contribution in [0.2, 0.25) is 0 Å². The van der Waals surface area contributed by atoms with Crippen LogP contribution in [0, 0.1) is 5.92 Å². The van der Waals surface area contributed by atoms with Crippen LogP contribution < -0.4 is 0 Å². The second-order valence-corrected chi connectivity index (χ2v) is 5.54. The molecule has 0 N–H and O–H groups in total. The van der Waals surface area contributed by atoms with Crippen molar-refractivity contribution in [1.82, 2.24) is 0 Å². The lowest BCUT2D eigenvalue weighted by Gasteiger charge is -2.40. The summed E-state index contributed by atoms with van der Waals surface area (Å²) in [5.74, 6) is 1.59. The van der Waals surface area contributed by atoms with Crippen LogP contribution in [0.3, 0.4) is 0 Å². The minimum Gasteiger partial charge on any atom is -0.379 e. The molecule has 2 heteroatoms. The summed E-state index contributed by atoms with van der Waals surface area (Å²) < 4.78 is 5.33. The Hall–Kier alpha value is -0.470. The zero-order valence-corrected chi connectivity index (χ0v) is 11.0. The summed E-state index contributed by atoms with van der Waals surface area (Å²) in [6.07, 6.45) is 1.16. The molecule has 2 rings (SSSR count). The minimum absolute atomic E-state index is 0.180. The Bertz CT molecular complexity index is 333. The summed E-state index contributed by atoms with van der Waals surface area (Å²) in [5.41, 5.74) is 2.98. The zero-order valence-electron chi connectivity index (χ0n) is 10.1. The van der Waals surface area contributed by atoms with Crippen LogP contribution in [0.25, 0.3) is 0 Å². The van der Waals surface area contributed by atoms with Crippen LogP contribution in [-0.4, -0.2) is 19.0 Å². The molecule has 0 saturated carbocycles. The zero-order chi connectivity index (χ0) is 11.6. The van der Waals surface area contributed by atoms with Gasteiger partial charge in [0.05, 0.1) is 18.6 Å². The molecule has 0 aromatic heterocycles. The summed E-state index contributed by atoms with van der Waals surface area (Å²) in [6.45, 7) is 6.14. The highest BCUT2D eigenvalue weighted by molar-refractivity contribution is 7.80. The maximum Gasteiger partial charge on any atom is 0.0593 e. The maximum absolute atomic E-state index is 5.33. The fraction of sp³-hybridized carbons (Fsp3) is 0.571. The molecule has 0 spiro atoms. The third-order valence-corrected chi connectivity index (χ3v) is 3.87. The SMILES string of the molecule is CC(C)Cc1ccc(C2(CS)COC2)cc1. The van der Waals surface area contributed by atoms with Crippen molar-refractivity contribution in [3.63, 3.8) is 0 Å². The predicted molar refractivity (Wildman–Crippen MR) is 71.3 cm³/mol. The fourth-order valence-electron chi connectivity index (χ4n) is 2.16. The Labute approximate surface area is 104 Å². The third kappa shape index (κ3) is 2.28. The lowest BCUT2D eigenvalue weighted by Crippen LogP contribution is -2.48.